The van der Waals surface area contributed by atoms with Gasteiger partial charge in [0.1, 0.15) is 5.15 Å². The lowest BCUT2D eigenvalue weighted by Gasteiger charge is -2.25. The van der Waals surface area contributed by atoms with Crippen molar-refractivity contribution in [2.24, 2.45) is 5.92 Å². The maximum Gasteiger partial charge on any atom is 0.253 e. The summed E-state index contributed by atoms with van der Waals surface area (Å²) >= 11 is 5.88. The predicted octanol–water partition coefficient (Wildman–Crippen LogP) is 3.39. The van der Waals surface area contributed by atoms with Gasteiger partial charge in [0.25, 0.3) is 5.91 Å². The summed E-state index contributed by atoms with van der Waals surface area (Å²) < 4.78 is 0. The Bertz CT molecular complexity index is 441. The van der Waals surface area contributed by atoms with Crippen molar-refractivity contribution in [3.63, 3.8) is 0 Å². The zero-order valence-corrected chi connectivity index (χ0v) is 11.6. The van der Waals surface area contributed by atoms with Gasteiger partial charge >= 0.3 is 0 Å². The molecule has 2 rings (SSSR count). The van der Waals surface area contributed by atoms with Crippen molar-refractivity contribution in [3.05, 3.63) is 28.5 Å². The quantitative estimate of drug-likeness (QED) is 0.849. The Morgan fingerprint density at radius 2 is 2.28 bits per heavy atom. The highest BCUT2D eigenvalue weighted by molar-refractivity contribution is 6.29. The average Bonchev–Trinajstić information content (AvgIpc) is 2.26. The molecule has 1 aromatic heterocycles. The summed E-state index contributed by atoms with van der Waals surface area (Å²) in [6.45, 7) is 4.88. The van der Waals surface area contributed by atoms with Crippen molar-refractivity contribution >= 4 is 17.5 Å². The summed E-state index contributed by atoms with van der Waals surface area (Å²) in [5.74, 6) is 0.890. The maximum atomic E-state index is 12.1. The molecule has 0 radical (unpaired) electrons. The van der Waals surface area contributed by atoms with Gasteiger partial charge in [-0.15, -0.1) is 0 Å². The Balaban J connectivity index is 2.08. The van der Waals surface area contributed by atoms with E-state index >= 15 is 0 Å². The van der Waals surface area contributed by atoms with Gasteiger partial charge in [0.05, 0.1) is 5.56 Å². The van der Waals surface area contributed by atoms with Gasteiger partial charge in [-0.05, 0) is 36.3 Å². The smallest absolute Gasteiger partial charge is 0.253 e. The van der Waals surface area contributed by atoms with E-state index in [9.17, 15) is 4.79 Å². The average molecular weight is 267 g/mol. The number of nitrogens with zero attached hydrogens (tertiary/aromatic N) is 1. The van der Waals surface area contributed by atoms with Crippen LogP contribution in [0.4, 0.5) is 0 Å². The number of aromatic nitrogens is 1. The number of halogens is 1. The standard InChI is InChI=1S/C14H19ClN2O/c1-9(2)11-6-13(15)16-8-12(11)14(18)17-7-10-4-3-5-10/h6,8-10H,3-5,7H2,1-2H3,(H,17,18). The van der Waals surface area contributed by atoms with Crippen LogP contribution in [0.2, 0.25) is 5.15 Å². The Kier molecular flexibility index (Phi) is 4.23. The first kappa shape index (κ1) is 13.3. The molecule has 1 aromatic rings. The zero-order chi connectivity index (χ0) is 13.1. The normalized spacial score (nSPS) is 15.6. The van der Waals surface area contributed by atoms with E-state index in [2.05, 4.69) is 10.3 Å². The van der Waals surface area contributed by atoms with E-state index in [1.165, 1.54) is 19.3 Å². The Morgan fingerprint density at radius 1 is 1.56 bits per heavy atom. The van der Waals surface area contributed by atoms with E-state index in [0.29, 0.717) is 16.6 Å². The number of hydrogen-bond acceptors (Lipinski definition) is 2. The fourth-order valence-corrected chi connectivity index (χ4v) is 2.31. The molecule has 0 aliphatic heterocycles. The Hall–Kier alpha value is -1.09. The van der Waals surface area contributed by atoms with E-state index in [1.807, 2.05) is 13.8 Å². The lowest BCUT2D eigenvalue weighted by atomic mass is 9.85. The molecule has 1 fully saturated rings. The van der Waals surface area contributed by atoms with Gasteiger partial charge in [-0.3, -0.25) is 4.79 Å². The van der Waals surface area contributed by atoms with E-state index in [0.717, 1.165) is 12.1 Å². The number of carbonyl (C=O) groups excluding carboxylic acids is 1. The second-order valence-electron chi connectivity index (χ2n) is 5.26. The molecule has 1 amide bonds. The summed E-state index contributed by atoms with van der Waals surface area (Å²) in [4.78, 5) is 16.1. The van der Waals surface area contributed by atoms with Crippen LogP contribution >= 0.6 is 11.6 Å². The summed E-state index contributed by atoms with van der Waals surface area (Å²) in [6.07, 6.45) is 5.33. The molecule has 0 atom stereocenters. The van der Waals surface area contributed by atoms with E-state index in [4.69, 9.17) is 11.6 Å². The highest BCUT2D eigenvalue weighted by Gasteiger charge is 2.20. The van der Waals surface area contributed by atoms with Crippen LogP contribution in [0.5, 0.6) is 0 Å². The van der Waals surface area contributed by atoms with E-state index in [1.54, 1.807) is 12.3 Å². The van der Waals surface area contributed by atoms with E-state index in [-0.39, 0.29) is 11.8 Å². The first-order valence-corrected chi connectivity index (χ1v) is 6.89. The highest BCUT2D eigenvalue weighted by Crippen LogP contribution is 2.26. The molecule has 0 bridgehead atoms. The first-order chi connectivity index (χ1) is 8.58. The van der Waals surface area contributed by atoms with Crippen LogP contribution in [0, 0.1) is 5.92 Å². The second kappa shape index (κ2) is 5.70. The van der Waals surface area contributed by atoms with Crippen LogP contribution in [-0.4, -0.2) is 17.4 Å². The summed E-state index contributed by atoms with van der Waals surface area (Å²) in [5, 5.41) is 3.43. The molecule has 3 nitrogen and oxygen atoms in total. The topological polar surface area (TPSA) is 42.0 Å². The van der Waals surface area contributed by atoms with Crippen LogP contribution in [-0.2, 0) is 0 Å². The minimum Gasteiger partial charge on any atom is -0.352 e. The molecular weight excluding hydrogens is 248 g/mol. The number of rotatable bonds is 4. The number of carbonyl (C=O) groups is 1. The monoisotopic (exact) mass is 266 g/mol. The van der Waals surface area contributed by atoms with E-state index < -0.39 is 0 Å². The highest BCUT2D eigenvalue weighted by atomic mass is 35.5. The fourth-order valence-electron chi connectivity index (χ4n) is 2.14. The van der Waals surface area contributed by atoms with Gasteiger partial charge in [0, 0.05) is 12.7 Å². The Labute approximate surface area is 113 Å². The summed E-state index contributed by atoms with van der Waals surface area (Å²) in [5.41, 5.74) is 1.61. The second-order valence-corrected chi connectivity index (χ2v) is 5.64. The third kappa shape index (κ3) is 3.02. The molecule has 1 aliphatic rings. The van der Waals surface area contributed by atoms with Gasteiger partial charge in [0.2, 0.25) is 0 Å². The number of hydrogen-bond donors (Lipinski definition) is 1. The van der Waals surface area contributed by atoms with Crippen molar-refractivity contribution in [1.82, 2.24) is 10.3 Å². The molecule has 1 aliphatic carbocycles. The van der Waals surface area contributed by atoms with Gasteiger partial charge in [-0.2, -0.15) is 0 Å². The molecule has 98 valence electrons. The predicted molar refractivity (Wildman–Crippen MR) is 73.0 cm³/mol. The van der Waals surface area contributed by atoms with Crippen molar-refractivity contribution in [2.45, 2.75) is 39.0 Å². The van der Waals surface area contributed by atoms with Crippen LogP contribution in [0.3, 0.4) is 0 Å². The third-order valence-corrected chi connectivity index (χ3v) is 3.75. The zero-order valence-electron chi connectivity index (χ0n) is 10.9. The lowest BCUT2D eigenvalue weighted by Crippen LogP contribution is -2.32. The van der Waals surface area contributed by atoms with Crippen LogP contribution in [0.1, 0.15) is 54.9 Å². The lowest BCUT2D eigenvalue weighted by molar-refractivity contribution is 0.0937. The van der Waals surface area contributed by atoms with Gasteiger partial charge in [-0.1, -0.05) is 31.9 Å². The number of amides is 1. The van der Waals surface area contributed by atoms with Crippen molar-refractivity contribution in [1.29, 1.82) is 0 Å². The molecule has 1 N–H and O–H groups in total. The van der Waals surface area contributed by atoms with Gasteiger partial charge in [-0.25, -0.2) is 4.98 Å². The summed E-state index contributed by atoms with van der Waals surface area (Å²) in [6, 6.07) is 1.78. The fraction of sp³-hybridized carbons (Fsp3) is 0.571. The summed E-state index contributed by atoms with van der Waals surface area (Å²) in [7, 11) is 0. The first-order valence-electron chi connectivity index (χ1n) is 6.51. The van der Waals surface area contributed by atoms with Crippen molar-refractivity contribution < 1.29 is 4.79 Å². The largest absolute Gasteiger partial charge is 0.352 e. The molecule has 0 aromatic carbocycles. The van der Waals surface area contributed by atoms with Gasteiger partial charge in [0.15, 0.2) is 0 Å². The molecule has 0 saturated heterocycles. The number of pyridine rings is 1. The minimum absolute atomic E-state index is 0.0326. The van der Waals surface area contributed by atoms with Crippen LogP contribution in [0.15, 0.2) is 12.3 Å². The van der Waals surface area contributed by atoms with Gasteiger partial charge < -0.3 is 5.32 Å². The SMILES string of the molecule is CC(C)c1cc(Cl)ncc1C(=O)NCC1CCC1. The van der Waals surface area contributed by atoms with Crippen LogP contribution in [0.25, 0.3) is 0 Å². The Morgan fingerprint density at radius 3 is 2.83 bits per heavy atom. The van der Waals surface area contributed by atoms with Crippen molar-refractivity contribution in [2.75, 3.05) is 6.54 Å². The molecule has 18 heavy (non-hydrogen) atoms. The molecule has 1 heterocycles. The van der Waals surface area contributed by atoms with Crippen molar-refractivity contribution in [3.8, 4) is 0 Å². The number of nitrogens with one attached hydrogen (secondary N) is 1. The molecule has 1 saturated carbocycles. The minimum atomic E-state index is -0.0326. The molecule has 4 heteroatoms. The maximum absolute atomic E-state index is 12.1. The molecule has 0 unspecified atom stereocenters. The third-order valence-electron chi connectivity index (χ3n) is 3.55. The van der Waals surface area contributed by atoms with Crippen LogP contribution < -0.4 is 5.32 Å². The molecular formula is C14H19ClN2O. The molecule has 0 spiro atoms.